The molecule has 0 fully saturated rings. The smallest absolute Gasteiger partial charge is 0.123 e. The van der Waals surface area contributed by atoms with Crippen LogP contribution in [0, 0.1) is 12.7 Å². The topological polar surface area (TPSA) is 20.2 Å². The van der Waals surface area contributed by atoms with Crippen LogP contribution in [0.15, 0.2) is 48.5 Å². The van der Waals surface area contributed by atoms with E-state index in [-0.39, 0.29) is 5.82 Å². The highest BCUT2D eigenvalue weighted by Gasteiger charge is 2.09. The fourth-order valence-electron chi connectivity index (χ4n) is 2.10. The third kappa shape index (κ3) is 3.41. The second-order valence-electron chi connectivity index (χ2n) is 4.62. The van der Waals surface area contributed by atoms with Crippen molar-refractivity contribution >= 4 is 0 Å². The molecule has 2 heteroatoms. The Morgan fingerprint density at radius 2 is 1.78 bits per heavy atom. The van der Waals surface area contributed by atoms with E-state index in [4.69, 9.17) is 0 Å². The lowest BCUT2D eigenvalue weighted by molar-refractivity contribution is 0.175. The molecular weight excluding hydrogens is 227 g/mol. The number of benzene rings is 2. The molecule has 0 aliphatic carbocycles. The van der Waals surface area contributed by atoms with Gasteiger partial charge in [0.2, 0.25) is 0 Å². The number of aryl methyl sites for hydroxylation is 1. The summed E-state index contributed by atoms with van der Waals surface area (Å²) >= 11 is 0. The highest BCUT2D eigenvalue weighted by atomic mass is 19.1. The first kappa shape index (κ1) is 12.8. The van der Waals surface area contributed by atoms with Crippen molar-refractivity contribution in [2.45, 2.75) is 25.9 Å². The lowest BCUT2D eigenvalue weighted by atomic mass is 9.98. The van der Waals surface area contributed by atoms with Crippen LogP contribution < -0.4 is 0 Å². The van der Waals surface area contributed by atoms with Gasteiger partial charge in [-0.15, -0.1) is 0 Å². The second-order valence-corrected chi connectivity index (χ2v) is 4.62. The number of halogens is 1. The van der Waals surface area contributed by atoms with Gasteiger partial charge in [0.25, 0.3) is 0 Å². The van der Waals surface area contributed by atoms with Crippen LogP contribution >= 0.6 is 0 Å². The molecule has 0 aromatic heterocycles. The molecule has 0 aliphatic heterocycles. The predicted octanol–water partition coefficient (Wildman–Crippen LogP) is 3.28. The molecule has 0 aliphatic rings. The van der Waals surface area contributed by atoms with Gasteiger partial charge >= 0.3 is 0 Å². The Labute approximate surface area is 107 Å². The third-order valence-corrected chi connectivity index (χ3v) is 3.07. The number of hydrogen-bond acceptors (Lipinski definition) is 1. The molecule has 18 heavy (non-hydrogen) atoms. The van der Waals surface area contributed by atoms with Gasteiger partial charge in [0.05, 0.1) is 6.10 Å². The number of aliphatic hydroxyl groups is 1. The summed E-state index contributed by atoms with van der Waals surface area (Å²) in [5.41, 5.74) is 3.01. The fourth-order valence-corrected chi connectivity index (χ4v) is 2.10. The summed E-state index contributed by atoms with van der Waals surface area (Å²) in [6.45, 7) is 1.87. The summed E-state index contributed by atoms with van der Waals surface area (Å²) in [7, 11) is 0. The molecule has 0 amide bonds. The van der Waals surface area contributed by atoms with Gasteiger partial charge in [0.1, 0.15) is 5.82 Å². The van der Waals surface area contributed by atoms with Gasteiger partial charge in [-0.05, 0) is 48.6 Å². The Kier molecular flexibility index (Phi) is 4.11. The van der Waals surface area contributed by atoms with E-state index >= 15 is 0 Å². The first-order valence-electron chi connectivity index (χ1n) is 6.12. The highest BCUT2D eigenvalue weighted by molar-refractivity contribution is 5.27. The van der Waals surface area contributed by atoms with Gasteiger partial charge in [-0.25, -0.2) is 4.39 Å². The number of rotatable bonds is 4. The Hall–Kier alpha value is -1.67. The van der Waals surface area contributed by atoms with E-state index in [0.29, 0.717) is 12.8 Å². The zero-order chi connectivity index (χ0) is 13.0. The average Bonchev–Trinajstić information content (AvgIpc) is 2.34. The molecule has 0 heterocycles. The molecule has 1 nitrogen and oxygen atoms in total. The van der Waals surface area contributed by atoms with E-state index in [1.54, 1.807) is 6.07 Å². The molecule has 2 rings (SSSR count). The minimum absolute atomic E-state index is 0.228. The largest absolute Gasteiger partial charge is 0.392 e. The van der Waals surface area contributed by atoms with Gasteiger partial charge in [0, 0.05) is 0 Å². The molecule has 94 valence electrons. The van der Waals surface area contributed by atoms with Crippen molar-refractivity contribution < 1.29 is 9.50 Å². The van der Waals surface area contributed by atoms with E-state index in [1.807, 2.05) is 37.3 Å². The maximum atomic E-state index is 13.0. The van der Waals surface area contributed by atoms with Gasteiger partial charge in [-0.3, -0.25) is 0 Å². The van der Waals surface area contributed by atoms with Crippen LogP contribution in [0.1, 0.15) is 16.7 Å². The lowest BCUT2D eigenvalue weighted by Crippen LogP contribution is -2.14. The monoisotopic (exact) mass is 244 g/mol. The van der Waals surface area contributed by atoms with E-state index in [0.717, 1.165) is 16.7 Å². The summed E-state index contributed by atoms with van der Waals surface area (Å²) in [4.78, 5) is 0. The van der Waals surface area contributed by atoms with Gasteiger partial charge in [0.15, 0.2) is 0 Å². The lowest BCUT2D eigenvalue weighted by Gasteiger charge is -2.12. The molecule has 1 unspecified atom stereocenters. The normalized spacial score (nSPS) is 12.4. The van der Waals surface area contributed by atoms with Gasteiger partial charge in [-0.1, -0.05) is 36.4 Å². The third-order valence-electron chi connectivity index (χ3n) is 3.07. The quantitative estimate of drug-likeness (QED) is 0.875. The zero-order valence-corrected chi connectivity index (χ0v) is 10.4. The van der Waals surface area contributed by atoms with E-state index in [9.17, 15) is 9.50 Å². The summed E-state index contributed by atoms with van der Waals surface area (Å²) in [6.07, 6.45) is 0.745. The van der Waals surface area contributed by atoms with Crippen molar-refractivity contribution in [1.29, 1.82) is 0 Å². The summed E-state index contributed by atoms with van der Waals surface area (Å²) in [6, 6.07) is 14.6. The minimum atomic E-state index is -0.434. The first-order chi connectivity index (χ1) is 8.65. The average molecular weight is 244 g/mol. The Morgan fingerprint density at radius 3 is 2.44 bits per heavy atom. The highest BCUT2D eigenvalue weighted by Crippen LogP contribution is 2.14. The molecule has 0 radical (unpaired) electrons. The number of aliphatic hydroxyl groups excluding tert-OH is 1. The van der Waals surface area contributed by atoms with Crippen LogP contribution in [0.4, 0.5) is 4.39 Å². The summed E-state index contributed by atoms with van der Waals surface area (Å²) < 4.78 is 13.0. The van der Waals surface area contributed by atoms with Crippen LogP contribution in [0.3, 0.4) is 0 Å². The SMILES string of the molecule is Cc1cc(F)ccc1CC(O)Cc1ccccc1. The summed E-state index contributed by atoms with van der Waals surface area (Å²) in [5, 5.41) is 10.1. The van der Waals surface area contributed by atoms with E-state index in [1.165, 1.54) is 12.1 Å². The van der Waals surface area contributed by atoms with Crippen molar-refractivity contribution in [3.05, 3.63) is 71.0 Å². The van der Waals surface area contributed by atoms with Crippen molar-refractivity contribution in [2.75, 3.05) is 0 Å². The second kappa shape index (κ2) is 5.78. The molecule has 0 saturated heterocycles. The van der Waals surface area contributed by atoms with Crippen molar-refractivity contribution in [2.24, 2.45) is 0 Å². The van der Waals surface area contributed by atoms with Crippen molar-refractivity contribution in [3.63, 3.8) is 0 Å². The summed E-state index contributed by atoms with van der Waals surface area (Å²) in [5.74, 6) is -0.228. The van der Waals surface area contributed by atoms with Gasteiger partial charge in [-0.2, -0.15) is 0 Å². The first-order valence-corrected chi connectivity index (χ1v) is 6.12. The Morgan fingerprint density at radius 1 is 1.06 bits per heavy atom. The molecule has 0 saturated carbocycles. The Bertz CT molecular complexity index is 508. The van der Waals surface area contributed by atoms with Gasteiger partial charge < -0.3 is 5.11 Å². The van der Waals surface area contributed by atoms with Crippen molar-refractivity contribution in [3.8, 4) is 0 Å². The fraction of sp³-hybridized carbons (Fsp3) is 0.250. The molecule has 2 aromatic rings. The predicted molar refractivity (Wildman–Crippen MR) is 71.0 cm³/mol. The molecular formula is C16H17FO. The van der Waals surface area contributed by atoms with Crippen LogP contribution in [0.5, 0.6) is 0 Å². The molecule has 1 N–H and O–H groups in total. The maximum absolute atomic E-state index is 13.0. The molecule has 1 atom stereocenters. The molecule has 0 bridgehead atoms. The number of hydrogen-bond donors (Lipinski definition) is 1. The Balaban J connectivity index is 2.01. The maximum Gasteiger partial charge on any atom is 0.123 e. The van der Waals surface area contributed by atoms with Crippen LogP contribution in [-0.4, -0.2) is 11.2 Å². The zero-order valence-electron chi connectivity index (χ0n) is 10.4. The van der Waals surface area contributed by atoms with Crippen LogP contribution in [0.25, 0.3) is 0 Å². The van der Waals surface area contributed by atoms with Crippen LogP contribution in [0.2, 0.25) is 0 Å². The standard InChI is InChI=1S/C16H17FO/c1-12-9-15(17)8-7-14(12)11-16(18)10-13-5-3-2-4-6-13/h2-9,16,18H,10-11H2,1H3. The van der Waals surface area contributed by atoms with Crippen molar-refractivity contribution in [1.82, 2.24) is 0 Å². The molecule has 2 aromatic carbocycles. The van der Waals surface area contributed by atoms with E-state index < -0.39 is 6.10 Å². The molecule has 0 spiro atoms. The van der Waals surface area contributed by atoms with E-state index in [2.05, 4.69) is 0 Å². The van der Waals surface area contributed by atoms with Crippen LogP contribution in [-0.2, 0) is 12.8 Å². The minimum Gasteiger partial charge on any atom is -0.392 e.